The lowest BCUT2D eigenvalue weighted by Crippen LogP contribution is -2.43. The van der Waals surface area contributed by atoms with Crippen LogP contribution in [0.2, 0.25) is 0 Å². The number of amides is 1. The summed E-state index contributed by atoms with van der Waals surface area (Å²) in [4.78, 5) is 25.1. The number of carbonyl (C=O) groups excluding carboxylic acids is 1. The van der Waals surface area contributed by atoms with Crippen molar-refractivity contribution in [2.24, 2.45) is 5.92 Å². The van der Waals surface area contributed by atoms with Gasteiger partial charge in [0.25, 0.3) is 5.91 Å². The summed E-state index contributed by atoms with van der Waals surface area (Å²) in [5, 5.41) is 9.23. The van der Waals surface area contributed by atoms with Gasteiger partial charge in [0, 0.05) is 20.2 Å². The summed E-state index contributed by atoms with van der Waals surface area (Å²) in [5.41, 5.74) is 1.26. The number of nitrogens with zero attached hydrogens (tertiary/aromatic N) is 1. The van der Waals surface area contributed by atoms with Crippen molar-refractivity contribution < 1.29 is 19.4 Å². The number of carboxylic acids is 1. The van der Waals surface area contributed by atoms with E-state index in [1.165, 1.54) is 7.11 Å². The van der Waals surface area contributed by atoms with Crippen LogP contribution in [0.25, 0.3) is 0 Å². The van der Waals surface area contributed by atoms with E-state index < -0.39 is 12.1 Å². The lowest BCUT2D eigenvalue weighted by molar-refractivity contribution is -0.142. The minimum Gasteiger partial charge on any atom is -0.478 e. The number of methoxy groups -OCH3 is 1. The van der Waals surface area contributed by atoms with Crippen LogP contribution in [0, 0.1) is 5.92 Å². The van der Waals surface area contributed by atoms with Gasteiger partial charge in [-0.25, -0.2) is 4.79 Å². The zero-order chi connectivity index (χ0) is 16.1. The molecule has 0 spiro atoms. The molecule has 1 heterocycles. The van der Waals surface area contributed by atoms with E-state index >= 15 is 0 Å². The average molecular weight is 305 g/mol. The van der Waals surface area contributed by atoms with Gasteiger partial charge in [-0.05, 0) is 43.7 Å². The summed E-state index contributed by atoms with van der Waals surface area (Å²) >= 11 is 0. The average Bonchev–Trinajstić information content (AvgIpc) is 2.54. The molecule has 5 nitrogen and oxygen atoms in total. The number of carbonyl (C=O) groups is 2. The largest absolute Gasteiger partial charge is 0.478 e. The first-order valence-electron chi connectivity index (χ1n) is 7.65. The van der Waals surface area contributed by atoms with Crippen molar-refractivity contribution in [2.45, 2.75) is 32.3 Å². The van der Waals surface area contributed by atoms with Crippen molar-refractivity contribution >= 4 is 11.9 Å². The summed E-state index contributed by atoms with van der Waals surface area (Å²) in [6, 6.07) is 7.16. The molecule has 120 valence electrons. The van der Waals surface area contributed by atoms with Crippen LogP contribution in [0.1, 0.15) is 35.7 Å². The van der Waals surface area contributed by atoms with Crippen molar-refractivity contribution in [3.63, 3.8) is 0 Å². The molecule has 1 N–H and O–H groups in total. The van der Waals surface area contributed by atoms with Gasteiger partial charge < -0.3 is 14.7 Å². The molecule has 1 unspecified atom stereocenters. The first kappa shape index (κ1) is 16.5. The number of rotatable bonds is 5. The molecule has 0 bridgehead atoms. The van der Waals surface area contributed by atoms with Crippen molar-refractivity contribution in [3.05, 3.63) is 35.4 Å². The number of piperidine rings is 1. The molecule has 5 heteroatoms. The summed E-state index contributed by atoms with van der Waals surface area (Å²) in [5.74, 6) is -0.425. The zero-order valence-electron chi connectivity index (χ0n) is 13.1. The Morgan fingerprint density at radius 2 is 1.95 bits per heavy atom. The minimum atomic E-state index is -0.878. The van der Waals surface area contributed by atoms with E-state index in [4.69, 9.17) is 4.74 Å². The van der Waals surface area contributed by atoms with E-state index in [1.807, 2.05) is 17.0 Å². The predicted molar refractivity (Wildman–Crippen MR) is 82.9 cm³/mol. The highest BCUT2D eigenvalue weighted by Gasteiger charge is 2.26. The number of hydrogen-bond acceptors (Lipinski definition) is 3. The molecule has 22 heavy (non-hydrogen) atoms. The quantitative estimate of drug-likeness (QED) is 0.905. The molecule has 0 aliphatic carbocycles. The Labute approximate surface area is 130 Å². The lowest BCUT2D eigenvalue weighted by Gasteiger charge is -2.33. The monoisotopic (exact) mass is 305 g/mol. The van der Waals surface area contributed by atoms with E-state index in [2.05, 4.69) is 0 Å². The second-order valence-corrected chi connectivity index (χ2v) is 5.81. The Morgan fingerprint density at radius 3 is 2.55 bits per heavy atom. The van der Waals surface area contributed by atoms with Gasteiger partial charge in [-0.2, -0.15) is 0 Å². The highest BCUT2D eigenvalue weighted by atomic mass is 16.5. The van der Waals surface area contributed by atoms with Crippen LogP contribution < -0.4 is 0 Å². The van der Waals surface area contributed by atoms with Crippen LogP contribution in [0.3, 0.4) is 0 Å². The number of benzene rings is 1. The Hall–Kier alpha value is -1.88. The van der Waals surface area contributed by atoms with E-state index in [0.717, 1.165) is 24.8 Å². The van der Waals surface area contributed by atoms with Crippen molar-refractivity contribution in [1.82, 2.24) is 4.90 Å². The standard InChI is InChI=1S/C17H23NO4/c1-12(22-2)16(19)18-9-7-13(8-10-18)11-14-5-3-4-6-15(14)17(20)21/h3-6,12-13H,7-11H2,1-2H3,(H,20,21). The second kappa shape index (κ2) is 7.40. The van der Waals surface area contributed by atoms with Crippen LogP contribution in [0.15, 0.2) is 24.3 Å². The fourth-order valence-corrected chi connectivity index (χ4v) is 2.93. The van der Waals surface area contributed by atoms with Crippen molar-refractivity contribution in [2.75, 3.05) is 20.2 Å². The highest BCUT2D eigenvalue weighted by molar-refractivity contribution is 5.89. The summed E-state index contributed by atoms with van der Waals surface area (Å²) in [6.45, 7) is 3.19. The smallest absolute Gasteiger partial charge is 0.335 e. The van der Waals surface area contributed by atoms with E-state index in [1.54, 1.807) is 19.1 Å². The van der Waals surface area contributed by atoms with Gasteiger partial charge in [0.05, 0.1) is 5.56 Å². The van der Waals surface area contributed by atoms with Crippen LogP contribution in [-0.4, -0.2) is 48.2 Å². The maximum atomic E-state index is 12.1. The molecule has 1 amide bonds. The van der Waals surface area contributed by atoms with Gasteiger partial charge in [-0.15, -0.1) is 0 Å². The molecule has 1 saturated heterocycles. The summed E-state index contributed by atoms with van der Waals surface area (Å²) < 4.78 is 5.07. The Kier molecular flexibility index (Phi) is 5.55. The molecular formula is C17H23NO4. The van der Waals surface area contributed by atoms with E-state index in [-0.39, 0.29) is 5.91 Å². The molecule has 2 rings (SSSR count). The summed E-state index contributed by atoms with van der Waals surface area (Å²) in [7, 11) is 1.54. The molecule has 1 aromatic rings. The normalized spacial score (nSPS) is 17.3. The molecule has 1 aliphatic rings. The number of likely N-dealkylation sites (tertiary alicyclic amines) is 1. The molecule has 1 fully saturated rings. The fourth-order valence-electron chi connectivity index (χ4n) is 2.93. The first-order chi connectivity index (χ1) is 10.5. The number of carboxylic acid groups (broad SMARTS) is 1. The number of ether oxygens (including phenoxy) is 1. The van der Waals surface area contributed by atoms with Gasteiger partial charge in [0.1, 0.15) is 6.10 Å². The molecule has 1 aromatic carbocycles. The van der Waals surface area contributed by atoms with Gasteiger partial charge >= 0.3 is 5.97 Å². The van der Waals surface area contributed by atoms with Crippen molar-refractivity contribution in [3.8, 4) is 0 Å². The molecule has 1 aliphatic heterocycles. The van der Waals surface area contributed by atoms with E-state index in [0.29, 0.717) is 24.6 Å². The third-order valence-corrected chi connectivity index (χ3v) is 4.38. The van der Waals surface area contributed by atoms with Crippen LogP contribution in [-0.2, 0) is 16.0 Å². The third-order valence-electron chi connectivity index (χ3n) is 4.38. The van der Waals surface area contributed by atoms with Crippen LogP contribution in [0.5, 0.6) is 0 Å². The van der Waals surface area contributed by atoms with Gasteiger partial charge in [-0.1, -0.05) is 18.2 Å². The Morgan fingerprint density at radius 1 is 1.32 bits per heavy atom. The van der Waals surface area contributed by atoms with E-state index in [9.17, 15) is 14.7 Å². The Bertz CT molecular complexity index is 535. The molecule has 0 radical (unpaired) electrons. The molecule has 0 saturated carbocycles. The number of aromatic carboxylic acids is 1. The summed E-state index contributed by atoms with van der Waals surface area (Å²) in [6.07, 6.45) is 2.15. The van der Waals surface area contributed by atoms with Crippen LogP contribution in [0.4, 0.5) is 0 Å². The maximum Gasteiger partial charge on any atom is 0.335 e. The fraction of sp³-hybridized carbons (Fsp3) is 0.529. The minimum absolute atomic E-state index is 0.0342. The molecule has 1 atom stereocenters. The third kappa shape index (κ3) is 3.85. The molecule has 0 aromatic heterocycles. The maximum absolute atomic E-state index is 12.1. The SMILES string of the molecule is COC(C)C(=O)N1CCC(Cc2ccccc2C(=O)O)CC1. The lowest BCUT2D eigenvalue weighted by atomic mass is 9.88. The molecular weight excluding hydrogens is 282 g/mol. The number of hydrogen-bond donors (Lipinski definition) is 1. The van der Waals surface area contributed by atoms with Gasteiger partial charge in [-0.3, -0.25) is 4.79 Å². The first-order valence-corrected chi connectivity index (χ1v) is 7.65. The second-order valence-electron chi connectivity index (χ2n) is 5.81. The Balaban J connectivity index is 1.93. The van der Waals surface area contributed by atoms with Crippen LogP contribution >= 0.6 is 0 Å². The van der Waals surface area contributed by atoms with Gasteiger partial charge in [0.15, 0.2) is 0 Å². The predicted octanol–water partition coefficient (Wildman–Crippen LogP) is 2.20. The zero-order valence-corrected chi connectivity index (χ0v) is 13.1. The van der Waals surface area contributed by atoms with Crippen molar-refractivity contribution in [1.29, 1.82) is 0 Å². The highest BCUT2D eigenvalue weighted by Crippen LogP contribution is 2.24. The van der Waals surface area contributed by atoms with Gasteiger partial charge in [0.2, 0.25) is 0 Å². The topological polar surface area (TPSA) is 66.8 Å².